The Bertz CT molecular complexity index is 758. The first-order valence-corrected chi connectivity index (χ1v) is 11.5. The molecule has 0 spiro atoms. The normalized spacial score (nSPS) is 15.5. The fraction of sp³-hybridized carbons (Fsp3) is 0.600. The third-order valence-electron chi connectivity index (χ3n) is 5.02. The molecule has 1 aliphatic rings. The fourth-order valence-electron chi connectivity index (χ4n) is 3.34. The molecule has 0 aromatic heterocycles. The van der Waals surface area contributed by atoms with Crippen LogP contribution in [0.3, 0.4) is 0 Å². The van der Waals surface area contributed by atoms with E-state index < -0.39 is 10.0 Å². The van der Waals surface area contributed by atoms with Crippen LogP contribution in [0.2, 0.25) is 0 Å². The van der Waals surface area contributed by atoms with Crippen LogP contribution >= 0.6 is 0 Å². The van der Waals surface area contributed by atoms with Crippen LogP contribution in [0.1, 0.15) is 56.3 Å². The summed E-state index contributed by atoms with van der Waals surface area (Å²) in [6, 6.07) is 6.00. The maximum Gasteiger partial charge on any atom is 0.251 e. The van der Waals surface area contributed by atoms with Gasteiger partial charge in [0.2, 0.25) is 15.9 Å². The van der Waals surface area contributed by atoms with Gasteiger partial charge in [-0.3, -0.25) is 9.59 Å². The number of carbonyl (C=O) groups is 2. The lowest BCUT2D eigenvalue weighted by Gasteiger charge is -2.20. The molecule has 1 heterocycles. The highest BCUT2D eigenvalue weighted by Crippen LogP contribution is 2.16. The van der Waals surface area contributed by atoms with Crippen LogP contribution in [-0.4, -0.2) is 62.2 Å². The van der Waals surface area contributed by atoms with Gasteiger partial charge in [0.25, 0.3) is 5.91 Å². The predicted molar refractivity (Wildman–Crippen MR) is 109 cm³/mol. The molecule has 1 saturated heterocycles. The molecule has 0 radical (unpaired) electrons. The number of benzene rings is 1. The first-order chi connectivity index (χ1) is 13.4. The predicted octanol–water partition coefficient (Wildman–Crippen LogP) is 2.24. The van der Waals surface area contributed by atoms with E-state index in [1.54, 1.807) is 13.8 Å². The van der Waals surface area contributed by atoms with Crippen molar-refractivity contribution in [3.63, 3.8) is 0 Å². The quantitative estimate of drug-likeness (QED) is 0.634. The summed E-state index contributed by atoms with van der Waals surface area (Å²) < 4.78 is 26.3. The molecule has 1 aliphatic heterocycles. The van der Waals surface area contributed by atoms with Gasteiger partial charge in [0, 0.05) is 44.7 Å². The van der Waals surface area contributed by atoms with Crippen molar-refractivity contribution in [2.75, 3.05) is 32.7 Å². The van der Waals surface area contributed by atoms with Crippen molar-refractivity contribution in [3.05, 3.63) is 29.8 Å². The third kappa shape index (κ3) is 5.78. The van der Waals surface area contributed by atoms with Crippen LogP contribution < -0.4 is 5.32 Å². The largest absolute Gasteiger partial charge is 0.352 e. The van der Waals surface area contributed by atoms with Crippen molar-refractivity contribution >= 4 is 21.8 Å². The summed E-state index contributed by atoms with van der Waals surface area (Å²) in [6.07, 6.45) is 4.42. The van der Waals surface area contributed by atoms with E-state index in [0.29, 0.717) is 44.6 Å². The Morgan fingerprint density at radius 3 is 2.43 bits per heavy atom. The molecule has 1 N–H and O–H groups in total. The molecule has 0 unspecified atom stereocenters. The van der Waals surface area contributed by atoms with Crippen LogP contribution in [0.15, 0.2) is 29.2 Å². The Morgan fingerprint density at radius 2 is 1.79 bits per heavy atom. The Morgan fingerprint density at radius 1 is 1.11 bits per heavy atom. The molecule has 1 aromatic carbocycles. The van der Waals surface area contributed by atoms with E-state index >= 15 is 0 Å². The zero-order chi connectivity index (χ0) is 20.6. The monoisotopic (exact) mass is 409 g/mol. The van der Waals surface area contributed by atoms with E-state index in [0.717, 1.165) is 25.8 Å². The Labute approximate surface area is 168 Å². The molecular formula is C20H31N3O4S. The molecular weight excluding hydrogens is 378 g/mol. The molecule has 0 saturated carbocycles. The summed E-state index contributed by atoms with van der Waals surface area (Å²) in [5, 5.41) is 2.84. The zero-order valence-electron chi connectivity index (χ0n) is 16.8. The van der Waals surface area contributed by atoms with E-state index in [1.165, 1.54) is 28.6 Å². The molecule has 0 aliphatic carbocycles. The van der Waals surface area contributed by atoms with Gasteiger partial charge in [-0.1, -0.05) is 20.3 Å². The summed E-state index contributed by atoms with van der Waals surface area (Å²) >= 11 is 0. The van der Waals surface area contributed by atoms with Crippen molar-refractivity contribution in [1.29, 1.82) is 0 Å². The summed E-state index contributed by atoms with van der Waals surface area (Å²) in [5.41, 5.74) is 0.421. The lowest BCUT2D eigenvalue weighted by atomic mass is 10.2. The highest BCUT2D eigenvalue weighted by molar-refractivity contribution is 7.89. The third-order valence-corrected chi connectivity index (χ3v) is 7.09. The number of amides is 2. The minimum Gasteiger partial charge on any atom is -0.352 e. The van der Waals surface area contributed by atoms with E-state index in [1.807, 2.05) is 4.90 Å². The number of nitrogens with zero attached hydrogens (tertiary/aromatic N) is 2. The molecule has 1 fully saturated rings. The highest BCUT2D eigenvalue weighted by atomic mass is 32.2. The van der Waals surface area contributed by atoms with Gasteiger partial charge >= 0.3 is 0 Å². The average Bonchev–Trinajstić information content (AvgIpc) is 2.90. The first kappa shape index (κ1) is 22.4. The smallest absolute Gasteiger partial charge is 0.251 e. The SMILES string of the molecule is CCN(CC)S(=O)(=O)c1ccc(C(=O)NCCCN2CCCCCC2=O)cc1. The van der Waals surface area contributed by atoms with Gasteiger partial charge in [-0.25, -0.2) is 8.42 Å². The first-order valence-electron chi connectivity index (χ1n) is 10.1. The molecule has 2 rings (SSSR count). The summed E-state index contributed by atoms with van der Waals surface area (Å²) in [5.74, 6) is -0.0391. The molecule has 2 amide bonds. The Balaban J connectivity index is 1.85. The molecule has 0 atom stereocenters. The maximum absolute atomic E-state index is 12.5. The summed E-state index contributed by atoms with van der Waals surface area (Å²) in [4.78, 5) is 26.3. The molecule has 156 valence electrons. The lowest BCUT2D eigenvalue weighted by Crippen LogP contribution is -2.34. The number of rotatable bonds is 9. The van der Waals surface area contributed by atoms with Gasteiger partial charge in [-0.05, 0) is 43.5 Å². The van der Waals surface area contributed by atoms with Crippen LogP contribution in [0.5, 0.6) is 0 Å². The molecule has 8 heteroatoms. The van der Waals surface area contributed by atoms with Crippen LogP contribution in [0.25, 0.3) is 0 Å². The summed E-state index contributed by atoms with van der Waals surface area (Å²) in [6.45, 7) is 6.32. The average molecular weight is 410 g/mol. The van der Waals surface area contributed by atoms with Gasteiger partial charge in [-0.2, -0.15) is 4.31 Å². The van der Waals surface area contributed by atoms with Crippen molar-refractivity contribution in [1.82, 2.24) is 14.5 Å². The second kappa shape index (κ2) is 10.6. The molecule has 28 heavy (non-hydrogen) atoms. The van der Waals surface area contributed by atoms with Gasteiger partial charge in [0.1, 0.15) is 0 Å². The highest BCUT2D eigenvalue weighted by Gasteiger charge is 2.21. The van der Waals surface area contributed by atoms with E-state index in [4.69, 9.17) is 0 Å². The van der Waals surface area contributed by atoms with E-state index in [-0.39, 0.29) is 16.7 Å². The molecule has 0 bridgehead atoms. The van der Waals surface area contributed by atoms with Crippen molar-refractivity contribution < 1.29 is 18.0 Å². The topological polar surface area (TPSA) is 86.8 Å². The van der Waals surface area contributed by atoms with Crippen LogP contribution in [0.4, 0.5) is 0 Å². The van der Waals surface area contributed by atoms with Gasteiger partial charge in [-0.15, -0.1) is 0 Å². The van der Waals surface area contributed by atoms with Crippen molar-refractivity contribution in [2.45, 2.75) is 50.8 Å². The maximum atomic E-state index is 12.5. The zero-order valence-corrected chi connectivity index (χ0v) is 17.6. The van der Waals surface area contributed by atoms with E-state index in [2.05, 4.69) is 5.32 Å². The lowest BCUT2D eigenvalue weighted by molar-refractivity contribution is -0.130. The second-order valence-electron chi connectivity index (χ2n) is 6.91. The van der Waals surface area contributed by atoms with Crippen LogP contribution in [-0.2, 0) is 14.8 Å². The van der Waals surface area contributed by atoms with E-state index in [9.17, 15) is 18.0 Å². The standard InChI is InChI=1S/C20H31N3O4S/c1-3-23(4-2)28(26,27)18-12-10-17(11-13-18)20(25)21-14-8-16-22-15-7-5-6-9-19(22)24/h10-13H,3-9,14-16H2,1-2H3,(H,21,25). The van der Waals surface area contributed by atoms with Crippen molar-refractivity contribution in [3.8, 4) is 0 Å². The fourth-order valence-corrected chi connectivity index (χ4v) is 4.80. The van der Waals surface area contributed by atoms with Crippen molar-refractivity contribution in [2.24, 2.45) is 0 Å². The summed E-state index contributed by atoms with van der Waals surface area (Å²) in [7, 11) is -3.52. The molecule has 1 aromatic rings. The number of hydrogen-bond donors (Lipinski definition) is 1. The van der Waals surface area contributed by atoms with Gasteiger partial charge < -0.3 is 10.2 Å². The number of likely N-dealkylation sites (tertiary alicyclic amines) is 1. The molecule has 7 nitrogen and oxygen atoms in total. The van der Waals surface area contributed by atoms with Gasteiger partial charge in [0.05, 0.1) is 4.90 Å². The number of hydrogen-bond acceptors (Lipinski definition) is 4. The number of nitrogens with one attached hydrogen (secondary N) is 1. The Kier molecular flexibility index (Phi) is 8.44. The minimum atomic E-state index is -3.52. The number of carbonyl (C=O) groups excluding carboxylic acids is 2. The number of sulfonamides is 1. The Hall–Kier alpha value is -1.93. The van der Waals surface area contributed by atoms with Gasteiger partial charge in [0.15, 0.2) is 0 Å². The van der Waals surface area contributed by atoms with Crippen LogP contribution in [0, 0.1) is 0 Å². The minimum absolute atomic E-state index is 0.187. The second-order valence-corrected chi connectivity index (χ2v) is 8.85.